The fraction of sp³-hybridized carbons (Fsp3) is 0.259. The van der Waals surface area contributed by atoms with Gasteiger partial charge in [-0.2, -0.15) is 0 Å². The fourth-order valence-corrected chi connectivity index (χ4v) is 4.17. The van der Waals surface area contributed by atoms with Gasteiger partial charge in [0.1, 0.15) is 12.4 Å². The molecule has 7 nitrogen and oxygen atoms in total. The van der Waals surface area contributed by atoms with Gasteiger partial charge in [0.05, 0.1) is 5.92 Å². The van der Waals surface area contributed by atoms with Crippen molar-refractivity contribution >= 4 is 23.4 Å². The molecule has 1 saturated heterocycles. The summed E-state index contributed by atoms with van der Waals surface area (Å²) in [4.78, 5) is 24.3. The van der Waals surface area contributed by atoms with Crippen molar-refractivity contribution in [1.82, 2.24) is 5.32 Å². The Morgan fingerprint density at radius 2 is 1.68 bits per heavy atom. The van der Waals surface area contributed by atoms with E-state index < -0.39 is 11.9 Å². The van der Waals surface area contributed by atoms with E-state index in [1.54, 1.807) is 18.2 Å². The minimum Gasteiger partial charge on any atom is -0.489 e. The van der Waals surface area contributed by atoms with Crippen molar-refractivity contribution < 1.29 is 19.4 Å². The number of aliphatic carboxylic acids is 1. The third-order valence-corrected chi connectivity index (χ3v) is 5.99. The summed E-state index contributed by atoms with van der Waals surface area (Å²) >= 11 is 0. The summed E-state index contributed by atoms with van der Waals surface area (Å²) < 4.78 is 5.77. The standard InChI is InChI=1S/C27H29N3O4/c31-26(32)25(21-13-14-28-17-21)16-20-7-4-8-23(15-20)30-27(33)29-22-9-11-24(12-10-22)34-18-19-5-2-1-3-6-19/h1-12,15,21,25,28H,13-14,16-18H2,(H,31,32)(H2,29,30,33)/t21-,25-/m0/s1. The average Bonchev–Trinajstić information content (AvgIpc) is 3.37. The highest BCUT2D eigenvalue weighted by atomic mass is 16.5. The fourth-order valence-electron chi connectivity index (χ4n) is 4.17. The summed E-state index contributed by atoms with van der Waals surface area (Å²) in [7, 11) is 0. The van der Waals surface area contributed by atoms with Crippen LogP contribution in [0.2, 0.25) is 0 Å². The molecule has 0 spiro atoms. The second-order valence-corrected chi connectivity index (χ2v) is 8.48. The molecule has 176 valence electrons. The Balaban J connectivity index is 1.30. The van der Waals surface area contributed by atoms with Crippen molar-refractivity contribution in [2.45, 2.75) is 19.4 Å². The molecule has 0 radical (unpaired) electrons. The minimum atomic E-state index is -0.777. The lowest BCUT2D eigenvalue weighted by Crippen LogP contribution is -2.27. The minimum absolute atomic E-state index is 0.122. The number of benzene rings is 3. The normalized spacial score (nSPS) is 15.9. The summed E-state index contributed by atoms with van der Waals surface area (Å²) in [6.07, 6.45) is 1.30. The number of hydrogen-bond acceptors (Lipinski definition) is 4. The van der Waals surface area contributed by atoms with E-state index in [4.69, 9.17) is 4.74 Å². The monoisotopic (exact) mass is 459 g/mol. The quantitative estimate of drug-likeness (QED) is 0.370. The number of carbonyl (C=O) groups is 2. The molecular weight excluding hydrogens is 430 g/mol. The Kier molecular flexibility index (Phi) is 7.78. The highest BCUT2D eigenvalue weighted by molar-refractivity contribution is 5.99. The first kappa shape index (κ1) is 23.3. The predicted octanol–water partition coefficient (Wildman–Crippen LogP) is 4.76. The van der Waals surface area contributed by atoms with Crippen LogP contribution in [0, 0.1) is 11.8 Å². The zero-order valence-electron chi connectivity index (χ0n) is 18.9. The van der Waals surface area contributed by atoms with Gasteiger partial charge in [0.25, 0.3) is 0 Å². The molecule has 4 rings (SSSR count). The van der Waals surface area contributed by atoms with Crippen molar-refractivity contribution in [3.05, 3.63) is 90.0 Å². The molecule has 2 amide bonds. The van der Waals surface area contributed by atoms with Gasteiger partial charge in [0.2, 0.25) is 0 Å². The maximum atomic E-state index is 12.5. The first-order chi connectivity index (χ1) is 16.6. The number of anilines is 2. The number of hydrogen-bond donors (Lipinski definition) is 4. The molecule has 0 aliphatic carbocycles. The van der Waals surface area contributed by atoms with Crippen LogP contribution >= 0.6 is 0 Å². The van der Waals surface area contributed by atoms with Crippen LogP contribution < -0.4 is 20.7 Å². The third-order valence-electron chi connectivity index (χ3n) is 5.99. The van der Waals surface area contributed by atoms with Gasteiger partial charge in [-0.05, 0) is 79.4 Å². The smallest absolute Gasteiger partial charge is 0.323 e. The molecule has 1 fully saturated rings. The van der Waals surface area contributed by atoms with Crippen molar-refractivity contribution in [1.29, 1.82) is 0 Å². The molecule has 1 heterocycles. The maximum Gasteiger partial charge on any atom is 0.323 e. The Bertz CT molecular complexity index is 1100. The number of ether oxygens (including phenoxy) is 1. The van der Waals surface area contributed by atoms with E-state index in [-0.39, 0.29) is 11.9 Å². The van der Waals surface area contributed by atoms with E-state index in [2.05, 4.69) is 16.0 Å². The topological polar surface area (TPSA) is 99.7 Å². The Labute approximate surface area is 199 Å². The van der Waals surface area contributed by atoms with Crippen LogP contribution in [-0.4, -0.2) is 30.2 Å². The van der Waals surface area contributed by atoms with Gasteiger partial charge in [0.15, 0.2) is 0 Å². The van der Waals surface area contributed by atoms with Crippen LogP contribution in [0.15, 0.2) is 78.9 Å². The highest BCUT2D eigenvalue weighted by Gasteiger charge is 2.30. The van der Waals surface area contributed by atoms with E-state index in [9.17, 15) is 14.7 Å². The third kappa shape index (κ3) is 6.59. The van der Waals surface area contributed by atoms with Gasteiger partial charge >= 0.3 is 12.0 Å². The van der Waals surface area contributed by atoms with Gasteiger partial charge in [-0.25, -0.2) is 4.79 Å². The summed E-state index contributed by atoms with van der Waals surface area (Å²) in [5.74, 6) is -0.382. The maximum absolute atomic E-state index is 12.5. The van der Waals surface area contributed by atoms with Crippen LogP contribution in [0.3, 0.4) is 0 Å². The molecule has 0 aromatic heterocycles. The zero-order valence-corrected chi connectivity index (χ0v) is 18.9. The Morgan fingerprint density at radius 3 is 2.38 bits per heavy atom. The SMILES string of the molecule is O=C(Nc1ccc(OCc2ccccc2)cc1)Nc1cccc(C[C@H](C(=O)O)[C@H]2CCNC2)c1. The van der Waals surface area contributed by atoms with Crippen LogP contribution in [0.1, 0.15) is 17.5 Å². The Morgan fingerprint density at radius 1 is 0.941 bits per heavy atom. The molecule has 0 saturated carbocycles. The first-order valence-corrected chi connectivity index (χ1v) is 11.4. The van der Waals surface area contributed by atoms with Gasteiger partial charge in [-0.1, -0.05) is 42.5 Å². The lowest BCUT2D eigenvalue weighted by Gasteiger charge is -2.19. The molecule has 4 N–H and O–H groups in total. The van der Waals surface area contributed by atoms with Gasteiger partial charge in [-0.3, -0.25) is 4.79 Å². The van der Waals surface area contributed by atoms with Crippen molar-refractivity contribution in [3.8, 4) is 5.75 Å². The van der Waals surface area contributed by atoms with E-state index in [0.29, 0.717) is 30.2 Å². The number of amides is 2. The molecule has 3 aromatic carbocycles. The number of carboxylic acids is 1. The van der Waals surface area contributed by atoms with Gasteiger partial charge in [-0.15, -0.1) is 0 Å². The predicted molar refractivity (Wildman–Crippen MR) is 132 cm³/mol. The first-order valence-electron chi connectivity index (χ1n) is 11.4. The van der Waals surface area contributed by atoms with Crippen molar-refractivity contribution in [2.75, 3.05) is 23.7 Å². The van der Waals surface area contributed by atoms with E-state index in [1.807, 2.05) is 60.7 Å². The van der Waals surface area contributed by atoms with Crippen LogP contribution in [0.25, 0.3) is 0 Å². The number of carbonyl (C=O) groups excluding carboxylic acids is 1. The summed E-state index contributed by atoms with van der Waals surface area (Å²) in [5.41, 5.74) is 3.23. The molecule has 3 aromatic rings. The summed E-state index contributed by atoms with van der Waals surface area (Å²) in [6, 6.07) is 24.1. The second-order valence-electron chi connectivity index (χ2n) is 8.48. The molecule has 2 atom stereocenters. The summed E-state index contributed by atoms with van der Waals surface area (Å²) in [6.45, 7) is 2.06. The van der Waals surface area contributed by atoms with Crippen molar-refractivity contribution in [3.63, 3.8) is 0 Å². The van der Waals surface area contributed by atoms with Crippen LogP contribution in [-0.2, 0) is 17.8 Å². The van der Waals surface area contributed by atoms with Crippen LogP contribution in [0.5, 0.6) is 5.75 Å². The Hall–Kier alpha value is -3.84. The number of carboxylic acid groups (broad SMARTS) is 1. The number of rotatable bonds is 9. The lowest BCUT2D eigenvalue weighted by molar-refractivity contribution is -0.143. The largest absolute Gasteiger partial charge is 0.489 e. The van der Waals surface area contributed by atoms with Gasteiger partial charge in [0, 0.05) is 11.4 Å². The highest BCUT2D eigenvalue weighted by Crippen LogP contribution is 2.25. The molecule has 34 heavy (non-hydrogen) atoms. The summed E-state index contributed by atoms with van der Waals surface area (Å²) in [5, 5.41) is 18.5. The van der Waals surface area contributed by atoms with Crippen molar-refractivity contribution in [2.24, 2.45) is 11.8 Å². The molecule has 0 bridgehead atoms. The van der Waals surface area contributed by atoms with Gasteiger partial charge < -0.3 is 25.8 Å². The number of nitrogens with one attached hydrogen (secondary N) is 3. The van der Waals surface area contributed by atoms with E-state index in [0.717, 1.165) is 30.6 Å². The number of urea groups is 1. The molecule has 7 heteroatoms. The zero-order chi connectivity index (χ0) is 23.8. The molecule has 1 aliphatic heterocycles. The van der Waals surface area contributed by atoms with Crippen LogP contribution in [0.4, 0.5) is 16.2 Å². The average molecular weight is 460 g/mol. The second kappa shape index (κ2) is 11.3. The molecular formula is C27H29N3O4. The van der Waals surface area contributed by atoms with E-state index >= 15 is 0 Å². The lowest BCUT2D eigenvalue weighted by atomic mass is 9.86. The molecule has 1 aliphatic rings. The molecule has 0 unspecified atom stereocenters. The van der Waals surface area contributed by atoms with E-state index in [1.165, 1.54) is 0 Å².